The largest absolute Gasteiger partial charge is 0.254 e. The normalized spacial score (nSPS) is 11.3. The first-order valence-corrected chi connectivity index (χ1v) is 11.4. The van der Waals surface area contributed by atoms with Crippen LogP contribution in [0.4, 0.5) is 0 Å². The van der Waals surface area contributed by atoms with Crippen LogP contribution in [-0.4, -0.2) is 4.98 Å². The molecule has 0 unspecified atom stereocenters. The molecule has 1 rings (SSSR count). The van der Waals surface area contributed by atoms with Crippen LogP contribution in [-0.2, 0) is 13.0 Å². The Morgan fingerprint density at radius 3 is 1.68 bits per heavy atom. The number of rotatable bonds is 18. The van der Waals surface area contributed by atoms with Crippen LogP contribution in [0.15, 0.2) is 12.4 Å². The van der Waals surface area contributed by atoms with Crippen LogP contribution in [0.25, 0.3) is 0 Å². The summed E-state index contributed by atoms with van der Waals surface area (Å²) in [4.78, 5) is 3.46. The average Bonchev–Trinajstić information content (AvgIpc) is 3.07. The summed E-state index contributed by atoms with van der Waals surface area (Å²) in [5.41, 5.74) is 0. The van der Waals surface area contributed by atoms with Crippen LogP contribution in [0.2, 0.25) is 0 Å². The van der Waals surface area contributed by atoms with Crippen molar-refractivity contribution in [2.24, 2.45) is 0 Å². The SMILES string of the molecule is CCCCCCCCCCCCc1[nH]cc[n+]1CCCCCCCC. The van der Waals surface area contributed by atoms with Crippen molar-refractivity contribution in [3.05, 3.63) is 18.2 Å². The zero-order valence-electron chi connectivity index (χ0n) is 17.3. The molecule has 25 heavy (non-hydrogen) atoms. The average molecular weight is 350 g/mol. The van der Waals surface area contributed by atoms with Crippen molar-refractivity contribution >= 4 is 0 Å². The standard InChI is InChI=1S/C23H44N2/c1-3-5-7-9-11-12-13-14-15-17-19-23-24-20-22-25(23)21-18-16-10-8-6-4-2/h20,22H,3-19,21H2,1-2H3/p+1. The Kier molecular flexibility index (Phi) is 14.8. The molecule has 0 radical (unpaired) electrons. The second-order valence-corrected chi connectivity index (χ2v) is 7.80. The van der Waals surface area contributed by atoms with E-state index in [1.54, 1.807) is 0 Å². The molecule has 1 aromatic heterocycles. The molecule has 0 aliphatic heterocycles. The quantitative estimate of drug-likeness (QED) is 0.215. The van der Waals surface area contributed by atoms with Crippen molar-refractivity contribution in [3.8, 4) is 0 Å². The molecule has 1 heterocycles. The minimum Gasteiger partial charge on any atom is -0.248 e. The van der Waals surface area contributed by atoms with E-state index in [1.165, 1.54) is 122 Å². The van der Waals surface area contributed by atoms with Gasteiger partial charge in [-0.2, -0.15) is 0 Å². The van der Waals surface area contributed by atoms with Gasteiger partial charge in [0.25, 0.3) is 5.82 Å². The molecule has 0 bridgehead atoms. The van der Waals surface area contributed by atoms with Gasteiger partial charge in [0.2, 0.25) is 0 Å². The summed E-state index contributed by atoms with van der Waals surface area (Å²) in [5, 5.41) is 0. The lowest BCUT2D eigenvalue weighted by Crippen LogP contribution is -2.36. The second-order valence-electron chi connectivity index (χ2n) is 7.80. The van der Waals surface area contributed by atoms with Gasteiger partial charge in [-0.1, -0.05) is 97.3 Å². The highest BCUT2D eigenvalue weighted by atomic mass is 15.1. The summed E-state index contributed by atoms with van der Waals surface area (Å²) < 4.78 is 2.45. The van der Waals surface area contributed by atoms with Gasteiger partial charge < -0.3 is 0 Å². The van der Waals surface area contributed by atoms with E-state index in [1.807, 2.05) is 0 Å². The minimum absolute atomic E-state index is 1.20. The first-order valence-electron chi connectivity index (χ1n) is 11.4. The molecule has 0 atom stereocenters. The van der Waals surface area contributed by atoms with Crippen LogP contribution >= 0.6 is 0 Å². The third kappa shape index (κ3) is 12.2. The molecule has 1 N–H and O–H groups in total. The van der Waals surface area contributed by atoms with E-state index in [0.717, 1.165) is 0 Å². The number of aryl methyl sites for hydroxylation is 2. The Hall–Kier alpha value is -0.790. The maximum atomic E-state index is 3.46. The fourth-order valence-electron chi connectivity index (χ4n) is 3.66. The monoisotopic (exact) mass is 349 g/mol. The van der Waals surface area contributed by atoms with Crippen LogP contribution in [0.5, 0.6) is 0 Å². The van der Waals surface area contributed by atoms with Crippen LogP contribution in [0.3, 0.4) is 0 Å². The molecule has 0 saturated heterocycles. The molecule has 0 aliphatic rings. The molecule has 2 nitrogen and oxygen atoms in total. The molecule has 0 amide bonds. The van der Waals surface area contributed by atoms with E-state index in [2.05, 4.69) is 35.8 Å². The van der Waals surface area contributed by atoms with Crippen molar-refractivity contribution in [1.82, 2.24) is 4.98 Å². The Morgan fingerprint density at radius 1 is 0.640 bits per heavy atom. The number of unbranched alkanes of at least 4 members (excludes halogenated alkanes) is 14. The Morgan fingerprint density at radius 2 is 1.12 bits per heavy atom. The number of nitrogens with zero attached hydrogens (tertiary/aromatic N) is 1. The van der Waals surface area contributed by atoms with Gasteiger partial charge in [-0.15, -0.1) is 0 Å². The maximum Gasteiger partial charge on any atom is 0.254 e. The Labute approximate surface area is 157 Å². The molecule has 0 spiro atoms. The topological polar surface area (TPSA) is 19.7 Å². The Bertz CT molecular complexity index is 383. The van der Waals surface area contributed by atoms with Crippen molar-refractivity contribution in [2.45, 2.75) is 130 Å². The summed E-state index contributed by atoms with van der Waals surface area (Å²) in [6.45, 7) is 5.78. The fraction of sp³-hybridized carbons (Fsp3) is 0.870. The first-order chi connectivity index (χ1) is 12.4. The van der Waals surface area contributed by atoms with Gasteiger partial charge in [-0.25, -0.2) is 9.55 Å². The lowest BCUT2D eigenvalue weighted by molar-refractivity contribution is -0.703. The van der Waals surface area contributed by atoms with Crippen molar-refractivity contribution < 1.29 is 4.57 Å². The summed E-state index contributed by atoms with van der Waals surface area (Å²) in [6.07, 6.45) is 28.0. The van der Waals surface area contributed by atoms with Gasteiger partial charge in [0.1, 0.15) is 12.4 Å². The molecule has 0 aromatic carbocycles. The van der Waals surface area contributed by atoms with Crippen molar-refractivity contribution in [2.75, 3.05) is 0 Å². The van der Waals surface area contributed by atoms with E-state index < -0.39 is 0 Å². The number of imidazole rings is 1. The fourth-order valence-corrected chi connectivity index (χ4v) is 3.66. The summed E-state index contributed by atoms with van der Waals surface area (Å²) in [6, 6.07) is 0. The highest BCUT2D eigenvalue weighted by molar-refractivity contribution is 4.77. The van der Waals surface area contributed by atoms with Gasteiger partial charge in [0.15, 0.2) is 0 Å². The maximum absolute atomic E-state index is 3.46. The molecule has 2 heteroatoms. The van der Waals surface area contributed by atoms with E-state index in [0.29, 0.717) is 0 Å². The minimum atomic E-state index is 1.20. The highest BCUT2D eigenvalue weighted by Gasteiger charge is 2.09. The predicted octanol–water partition coefficient (Wildman–Crippen LogP) is 7.13. The molecule has 1 aromatic rings. The van der Waals surface area contributed by atoms with E-state index in [4.69, 9.17) is 0 Å². The molecule has 0 saturated carbocycles. The van der Waals surface area contributed by atoms with E-state index in [9.17, 15) is 0 Å². The summed E-state index contributed by atoms with van der Waals surface area (Å²) in [5.74, 6) is 1.44. The zero-order chi connectivity index (χ0) is 18.0. The molecule has 146 valence electrons. The second kappa shape index (κ2) is 16.7. The van der Waals surface area contributed by atoms with E-state index >= 15 is 0 Å². The van der Waals surface area contributed by atoms with Crippen LogP contribution in [0, 0.1) is 0 Å². The van der Waals surface area contributed by atoms with Gasteiger partial charge in [0, 0.05) is 6.42 Å². The number of aromatic nitrogens is 2. The van der Waals surface area contributed by atoms with Crippen LogP contribution in [0.1, 0.15) is 122 Å². The molecule has 0 aliphatic carbocycles. The van der Waals surface area contributed by atoms with Crippen molar-refractivity contribution in [1.29, 1.82) is 0 Å². The lowest BCUT2D eigenvalue weighted by atomic mass is 10.1. The zero-order valence-corrected chi connectivity index (χ0v) is 17.3. The third-order valence-electron chi connectivity index (χ3n) is 5.37. The van der Waals surface area contributed by atoms with E-state index in [-0.39, 0.29) is 0 Å². The molecular formula is C23H45N2+. The molecule has 0 fully saturated rings. The van der Waals surface area contributed by atoms with Crippen LogP contribution < -0.4 is 4.57 Å². The first kappa shape index (κ1) is 22.3. The van der Waals surface area contributed by atoms with Gasteiger partial charge >= 0.3 is 0 Å². The summed E-state index contributed by atoms with van der Waals surface area (Å²) >= 11 is 0. The third-order valence-corrected chi connectivity index (χ3v) is 5.37. The number of H-pyrrole nitrogens is 1. The van der Waals surface area contributed by atoms with Gasteiger partial charge in [-0.05, 0) is 19.3 Å². The predicted molar refractivity (Wildman–Crippen MR) is 110 cm³/mol. The van der Waals surface area contributed by atoms with Crippen molar-refractivity contribution in [3.63, 3.8) is 0 Å². The number of nitrogens with one attached hydrogen (secondary N) is 1. The highest BCUT2D eigenvalue weighted by Crippen LogP contribution is 2.11. The van der Waals surface area contributed by atoms with Gasteiger partial charge in [-0.3, -0.25) is 0 Å². The number of hydrogen-bond acceptors (Lipinski definition) is 0. The van der Waals surface area contributed by atoms with Gasteiger partial charge in [0.05, 0.1) is 6.54 Å². The summed E-state index contributed by atoms with van der Waals surface area (Å²) in [7, 11) is 0. The lowest BCUT2D eigenvalue weighted by Gasteiger charge is -2.03. The smallest absolute Gasteiger partial charge is 0.248 e. The molecular weight excluding hydrogens is 304 g/mol. The number of aromatic amines is 1. The Balaban J connectivity index is 1.98. The number of hydrogen-bond donors (Lipinski definition) is 1.